The topological polar surface area (TPSA) is 88.4 Å². The van der Waals surface area contributed by atoms with E-state index in [0.29, 0.717) is 22.6 Å². The van der Waals surface area contributed by atoms with Crippen LogP contribution in [0.3, 0.4) is 0 Å². The van der Waals surface area contributed by atoms with Crippen LogP contribution >= 0.6 is 0 Å². The molecule has 1 aromatic heterocycles. The van der Waals surface area contributed by atoms with E-state index < -0.39 is 11.9 Å². The molecule has 0 unspecified atom stereocenters. The predicted octanol–water partition coefficient (Wildman–Crippen LogP) is 4.40. The Labute approximate surface area is 192 Å². The minimum Gasteiger partial charge on any atom is -0.477 e. The Hall–Kier alpha value is -3.93. The highest BCUT2D eigenvalue weighted by Crippen LogP contribution is 2.42. The van der Waals surface area contributed by atoms with Crippen molar-refractivity contribution >= 4 is 18.0 Å². The van der Waals surface area contributed by atoms with E-state index in [9.17, 15) is 19.5 Å². The molecule has 0 radical (unpaired) electrons. The van der Waals surface area contributed by atoms with Crippen LogP contribution in [0.5, 0.6) is 0 Å². The molecule has 1 saturated carbocycles. The summed E-state index contributed by atoms with van der Waals surface area (Å²) in [5, 5.41) is 12.3. The second-order valence-electron chi connectivity index (χ2n) is 8.54. The van der Waals surface area contributed by atoms with E-state index in [2.05, 4.69) is 5.32 Å². The molecule has 1 heterocycles. The van der Waals surface area contributed by atoms with Crippen LogP contribution in [0.1, 0.15) is 51.4 Å². The first kappa shape index (κ1) is 22.3. The van der Waals surface area contributed by atoms with Crippen LogP contribution in [-0.4, -0.2) is 21.6 Å². The van der Waals surface area contributed by atoms with Gasteiger partial charge in [-0.15, -0.1) is 0 Å². The maximum atomic E-state index is 13.0. The fourth-order valence-electron chi connectivity index (χ4n) is 4.05. The van der Waals surface area contributed by atoms with Crippen LogP contribution in [0.25, 0.3) is 17.2 Å². The zero-order valence-electron chi connectivity index (χ0n) is 18.9. The second-order valence-corrected chi connectivity index (χ2v) is 8.54. The van der Waals surface area contributed by atoms with Gasteiger partial charge in [0.05, 0.1) is 5.56 Å². The molecule has 4 rings (SSSR count). The molecule has 0 saturated heterocycles. The van der Waals surface area contributed by atoms with Gasteiger partial charge in [-0.3, -0.25) is 9.59 Å². The summed E-state index contributed by atoms with van der Waals surface area (Å²) in [7, 11) is 1.70. The van der Waals surface area contributed by atoms with E-state index in [0.717, 1.165) is 35.1 Å². The largest absolute Gasteiger partial charge is 0.477 e. The molecule has 2 N–H and O–H groups in total. The van der Waals surface area contributed by atoms with Gasteiger partial charge in [0.1, 0.15) is 5.70 Å². The Balaban J connectivity index is 1.62. The molecule has 0 spiro atoms. The van der Waals surface area contributed by atoms with Gasteiger partial charge < -0.3 is 15.0 Å². The number of pyridine rings is 1. The quantitative estimate of drug-likeness (QED) is 0.554. The van der Waals surface area contributed by atoms with Crippen molar-refractivity contribution in [3.05, 3.63) is 98.6 Å². The van der Waals surface area contributed by atoms with Crippen molar-refractivity contribution in [2.45, 2.75) is 32.6 Å². The zero-order valence-corrected chi connectivity index (χ0v) is 18.9. The number of amides is 1. The number of hydrogen-bond donors (Lipinski definition) is 2. The number of aryl methyl sites for hydroxylation is 3. The number of carboxylic acid groups (broad SMARTS) is 1. The monoisotopic (exact) mass is 442 g/mol. The van der Waals surface area contributed by atoms with Gasteiger partial charge in [0.2, 0.25) is 0 Å². The standard InChI is InChI=1S/C27H26N2O4/c1-16-5-4-6-21(19-11-12-19)24(16)25(30)28-22(27(32)33)15-18-7-9-20(10-8-18)23-17(2)13-14-29(3)26(23)31/h4-10,13-15,19H,11-12H2,1-3H3,(H,28,30)(H,32,33)/b22-15-. The Bertz CT molecular complexity index is 1330. The minimum atomic E-state index is -1.22. The second kappa shape index (κ2) is 8.90. The highest BCUT2D eigenvalue weighted by molar-refractivity contribution is 6.04. The molecule has 6 nitrogen and oxygen atoms in total. The molecule has 168 valence electrons. The number of hydrogen-bond acceptors (Lipinski definition) is 3. The Morgan fingerprint density at radius 3 is 2.36 bits per heavy atom. The fourth-order valence-corrected chi connectivity index (χ4v) is 4.05. The highest BCUT2D eigenvalue weighted by atomic mass is 16.4. The molecular weight excluding hydrogens is 416 g/mol. The third-order valence-electron chi connectivity index (χ3n) is 6.01. The van der Waals surface area contributed by atoms with Gasteiger partial charge >= 0.3 is 5.97 Å². The lowest BCUT2D eigenvalue weighted by Gasteiger charge is -2.13. The van der Waals surface area contributed by atoms with E-state index in [1.807, 2.05) is 38.1 Å². The summed E-state index contributed by atoms with van der Waals surface area (Å²) in [6.07, 6.45) is 5.24. The number of rotatable bonds is 6. The number of nitrogens with one attached hydrogen (secondary N) is 1. The first-order valence-corrected chi connectivity index (χ1v) is 10.9. The Morgan fingerprint density at radius 2 is 1.73 bits per heavy atom. The fraction of sp³-hybridized carbons (Fsp3) is 0.222. The molecule has 2 aromatic carbocycles. The highest BCUT2D eigenvalue weighted by Gasteiger charge is 2.29. The number of benzene rings is 2. The van der Waals surface area contributed by atoms with Gasteiger partial charge in [-0.2, -0.15) is 0 Å². The van der Waals surface area contributed by atoms with Crippen molar-refractivity contribution in [2.24, 2.45) is 7.05 Å². The molecule has 0 bridgehead atoms. The number of carbonyl (C=O) groups is 2. The zero-order chi connectivity index (χ0) is 23.7. The van der Waals surface area contributed by atoms with Crippen LogP contribution in [0.15, 0.2) is 65.2 Å². The summed E-state index contributed by atoms with van der Waals surface area (Å²) in [6, 6.07) is 14.6. The van der Waals surface area contributed by atoms with Gasteiger partial charge in [-0.05, 0) is 72.6 Å². The molecular formula is C27H26N2O4. The molecule has 0 aliphatic heterocycles. The summed E-state index contributed by atoms with van der Waals surface area (Å²) < 4.78 is 1.52. The molecule has 6 heteroatoms. The summed E-state index contributed by atoms with van der Waals surface area (Å²) in [6.45, 7) is 3.74. The summed E-state index contributed by atoms with van der Waals surface area (Å²) in [5.41, 5.74) is 4.88. The van der Waals surface area contributed by atoms with Gasteiger partial charge in [0.15, 0.2) is 0 Å². The molecule has 33 heavy (non-hydrogen) atoms. The molecule has 3 aromatic rings. The van der Waals surface area contributed by atoms with Crippen molar-refractivity contribution in [1.29, 1.82) is 0 Å². The number of aromatic nitrogens is 1. The van der Waals surface area contributed by atoms with Crippen LogP contribution in [-0.2, 0) is 11.8 Å². The maximum absolute atomic E-state index is 13.0. The van der Waals surface area contributed by atoms with E-state index in [4.69, 9.17) is 0 Å². The van der Waals surface area contributed by atoms with E-state index >= 15 is 0 Å². The van der Waals surface area contributed by atoms with Gasteiger partial charge in [0, 0.05) is 18.8 Å². The average Bonchev–Trinajstić information content (AvgIpc) is 3.62. The van der Waals surface area contributed by atoms with Crippen molar-refractivity contribution in [3.8, 4) is 11.1 Å². The van der Waals surface area contributed by atoms with Crippen LogP contribution < -0.4 is 10.9 Å². The molecule has 1 fully saturated rings. The summed E-state index contributed by atoms with van der Waals surface area (Å²) >= 11 is 0. The van der Waals surface area contributed by atoms with Gasteiger partial charge in [-0.25, -0.2) is 4.79 Å². The number of nitrogens with zero attached hydrogens (tertiary/aromatic N) is 1. The number of carboxylic acids is 1. The summed E-state index contributed by atoms with van der Waals surface area (Å²) in [4.78, 5) is 37.4. The van der Waals surface area contributed by atoms with Gasteiger partial charge in [-0.1, -0.05) is 42.5 Å². The number of aliphatic carboxylic acids is 1. The van der Waals surface area contributed by atoms with Crippen LogP contribution in [0, 0.1) is 13.8 Å². The third-order valence-corrected chi connectivity index (χ3v) is 6.01. The van der Waals surface area contributed by atoms with Crippen LogP contribution in [0.4, 0.5) is 0 Å². The Kier molecular flexibility index (Phi) is 6.01. The smallest absolute Gasteiger partial charge is 0.352 e. The van der Waals surface area contributed by atoms with Crippen molar-refractivity contribution < 1.29 is 14.7 Å². The first-order chi connectivity index (χ1) is 15.8. The van der Waals surface area contributed by atoms with Gasteiger partial charge in [0.25, 0.3) is 11.5 Å². The van der Waals surface area contributed by atoms with Crippen molar-refractivity contribution in [2.75, 3.05) is 0 Å². The third kappa shape index (κ3) is 4.65. The molecule has 0 atom stereocenters. The summed E-state index contributed by atoms with van der Waals surface area (Å²) in [5.74, 6) is -1.27. The van der Waals surface area contributed by atoms with E-state index in [1.165, 1.54) is 10.6 Å². The lowest BCUT2D eigenvalue weighted by atomic mass is 9.97. The van der Waals surface area contributed by atoms with Crippen molar-refractivity contribution in [1.82, 2.24) is 9.88 Å². The number of carbonyl (C=O) groups excluding carboxylic acids is 1. The maximum Gasteiger partial charge on any atom is 0.352 e. The SMILES string of the molecule is Cc1cccc(C2CC2)c1C(=O)N/C(=C\c1ccc(-c2c(C)ccn(C)c2=O)cc1)C(=O)O. The Morgan fingerprint density at radius 1 is 1.03 bits per heavy atom. The van der Waals surface area contributed by atoms with Crippen molar-refractivity contribution in [3.63, 3.8) is 0 Å². The average molecular weight is 443 g/mol. The molecule has 1 aliphatic carbocycles. The first-order valence-electron chi connectivity index (χ1n) is 10.9. The lowest BCUT2D eigenvalue weighted by molar-refractivity contribution is -0.132. The minimum absolute atomic E-state index is 0.0959. The normalized spacial score (nSPS) is 13.6. The van der Waals surface area contributed by atoms with E-state index in [-0.39, 0.29) is 11.3 Å². The molecule has 1 aliphatic rings. The molecule has 1 amide bonds. The predicted molar refractivity (Wildman–Crippen MR) is 128 cm³/mol. The van der Waals surface area contributed by atoms with E-state index in [1.54, 1.807) is 37.5 Å². The lowest BCUT2D eigenvalue weighted by Crippen LogP contribution is -2.28. The van der Waals surface area contributed by atoms with Crippen LogP contribution in [0.2, 0.25) is 0 Å².